The first-order valence-electron chi connectivity index (χ1n) is 9.28. The summed E-state index contributed by atoms with van der Waals surface area (Å²) in [6, 6.07) is 11.9. The van der Waals surface area contributed by atoms with Crippen LogP contribution >= 0.6 is 0 Å². The molecule has 1 unspecified atom stereocenters. The first-order valence-corrected chi connectivity index (χ1v) is 9.28. The second-order valence-electron chi connectivity index (χ2n) is 6.84. The molecule has 0 fully saturated rings. The summed E-state index contributed by atoms with van der Waals surface area (Å²) in [5.41, 5.74) is 1.04. The van der Waals surface area contributed by atoms with Crippen LogP contribution in [0.5, 0.6) is 17.2 Å². The number of fused-ring (bicyclic) bond motifs is 1. The van der Waals surface area contributed by atoms with E-state index in [9.17, 15) is 19.8 Å². The Labute approximate surface area is 177 Å². The van der Waals surface area contributed by atoms with E-state index in [1.807, 2.05) is 30.3 Å². The molecule has 31 heavy (non-hydrogen) atoms. The van der Waals surface area contributed by atoms with E-state index in [0.717, 1.165) is 11.6 Å². The molecule has 0 bridgehead atoms. The maximum atomic E-state index is 12.1. The molecule has 0 saturated carbocycles. The van der Waals surface area contributed by atoms with E-state index >= 15 is 0 Å². The average molecular weight is 436 g/mol. The third-order valence-electron chi connectivity index (χ3n) is 4.58. The Bertz CT molecular complexity index is 885. The fourth-order valence-corrected chi connectivity index (χ4v) is 2.90. The zero-order valence-electron chi connectivity index (χ0n) is 16.3. The van der Waals surface area contributed by atoms with E-state index in [2.05, 4.69) is 0 Å². The van der Waals surface area contributed by atoms with Crippen LogP contribution in [0, 0.1) is 0 Å². The van der Waals surface area contributed by atoms with Crippen molar-refractivity contribution in [3.63, 3.8) is 0 Å². The Morgan fingerprint density at radius 2 is 1.68 bits per heavy atom. The second-order valence-corrected chi connectivity index (χ2v) is 6.84. The lowest BCUT2D eigenvalue weighted by molar-refractivity contribution is -0.136. The van der Waals surface area contributed by atoms with Crippen molar-refractivity contribution < 1.29 is 50.1 Å². The average Bonchev–Trinajstić information content (AvgIpc) is 2.77. The molecule has 0 radical (unpaired) electrons. The van der Waals surface area contributed by atoms with Crippen LogP contribution in [0.2, 0.25) is 0 Å². The van der Waals surface area contributed by atoms with Gasteiger partial charge in [-0.2, -0.15) is 0 Å². The Kier molecular flexibility index (Phi) is 8.48. The lowest BCUT2D eigenvalue weighted by Crippen LogP contribution is -2.46. The maximum absolute atomic E-state index is 12.1. The van der Waals surface area contributed by atoms with Gasteiger partial charge in [-0.1, -0.05) is 30.3 Å². The van der Waals surface area contributed by atoms with Gasteiger partial charge in [-0.05, 0) is 5.56 Å². The topological polar surface area (TPSA) is 185 Å². The highest BCUT2D eigenvalue weighted by atomic mass is 16.5. The monoisotopic (exact) mass is 436 g/mol. The molecule has 10 nitrogen and oxygen atoms in total. The number of benzene rings is 2. The van der Waals surface area contributed by atoms with E-state index in [0.29, 0.717) is 0 Å². The van der Waals surface area contributed by atoms with E-state index in [4.69, 9.17) is 30.3 Å². The normalized spacial score (nSPS) is 19.0. The smallest absolute Gasteiger partial charge is 0.174 e. The highest BCUT2D eigenvalue weighted by Gasteiger charge is 2.31. The van der Waals surface area contributed by atoms with Gasteiger partial charge in [0.15, 0.2) is 12.1 Å². The van der Waals surface area contributed by atoms with E-state index < -0.39 is 31.0 Å². The summed E-state index contributed by atoms with van der Waals surface area (Å²) >= 11 is 0. The molecule has 3 rings (SSSR count). The van der Waals surface area contributed by atoms with Crippen molar-refractivity contribution in [1.29, 1.82) is 0 Å². The highest BCUT2D eigenvalue weighted by molar-refractivity contribution is 6.02. The summed E-state index contributed by atoms with van der Waals surface area (Å²) in [4.78, 5) is 22.0. The van der Waals surface area contributed by atoms with Crippen LogP contribution in [-0.2, 0) is 4.79 Å². The predicted octanol–water partition coefficient (Wildman–Crippen LogP) is -0.575. The molecule has 1 heterocycles. The highest BCUT2D eigenvalue weighted by Crippen LogP contribution is 2.41. The summed E-state index contributed by atoms with van der Waals surface area (Å²) in [5, 5.41) is 62.7. The van der Waals surface area contributed by atoms with E-state index in [1.54, 1.807) is 0 Å². The molecule has 1 aliphatic heterocycles. The number of carbonyl (C=O) groups is 2. The molecule has 0 aliphatic carbocycles. The minimum absolute atomic E-state index is 0.0258. The molecular formula is C21H24O10. The molecular weight excluding hydrogens is 412 g/mol. The largest absolute Gasteiger partial charge is 0.508 e. The van der Waals surface area contributed by atoms with Gasteiger partial charge in [0.05, 0.1) is 13.0 Å². The van der Waals surface area contributed by atoms with Crippen LogP contribution in [0.25, 0.3) is 0 Å². The Hall–Kier alpha value is -3.02. The summed E-state index contributed by atoms with van der Waals surface area (Å²) in [6.45, 7) is -0.760. The molecule has 1 aliphatic rings. The van der Waals surface area contributed by atoms with Gasteiger partial charge in [-0.15, -0.1) is 0 Å². The van der Waals surface area contributed by atoms with Gasteiger partial charge in [-0.25, -0.2) is 0 Å². The van der Waals surface area contributed by atoms with Crippen molar-refractivity contribution in [3.8, 4) is 17.2 Å². The summed E-state index contributed by atoms with van der Waals surface area (Å²) in [6.07, 6.45) is -7.05. The standard InChI is InChI=1S/C15H12O4.C6H12O6/c16-10-6-11(17)15-12(18)8-13(19-14(15)7-10)9-4-2-1-3-5-9;7-1-3(9)5(11)6(12)4(10)2-8/h1-7,13,16-17H,8H2;1,3-6,8-12H,2H2/t;3-,4+,5+,6+/m.0/s1. The van der Waals surface area contributed by atoms with Crippen LogP contribution in [0.1, 0.15) is 28.4 Å². The molecule has 2 aromatic carbocycles. The van der Waals surface area contributed by atoms with Crippen LogP contribution < -0.4 is 4.74 Å². The molecule has 10 heteroatoms. The van der Waals surface area contributed by atoms with Crippen molar-refractivity contribution in [1.82, 2.24) is 0 Å². The third kappa shape index (κ3) is 6.00. The van der Waals surface area contributed by atoms with Crippen LogP contribution in [0.15, 0.2) is 42.5 Å². The molecule has 168 valence electrons. The summed E-state index contributed by atoms with van der Waals surface area (Å²) in [5.74, 6) is -0.334. The Morgan fingerprint density at radius 3 is 2.26 bits per heavy atom. The Morgan fingerprint density at radius 1 is 1.03 bits per heavy atom. The SMILES string of the molecule is O=C1CC(c2ccccc2)Oc2cc(O)cc(O)c21.O=C[C@H](O)[C@@H](O)[C@H](O)[C@H](O)CO. The molecule has 0 aromatic heterocycles. The third-order valence-corrected chi connectivity index (χ3v) is 4.58. The van der Waals surface area contributed by atoms with Gasteiger partial charge in [0, 0.05) is 12.1 Å². The van der Waals surface area contributed by atoms with Gasteiger partial charge in [0.25, 0.3) is 0 Å². The van der Waals surface area contributed by atoms with Gasteiger partial charge in [-0.3, -0.25) is 4.79 Å². The van der Waals surface area contributed by atoms with Crippen LogP contribution in [0.3, 0.4) is 0 Å². The molecule has 5 atom stereocenters. The fraction of sp³-hybridized carbons (Fsp3) is 0.333. The van der Waals surface area contributed by atoms with E-state index in [1.165, 1.54) is 6.07 Å². The number of hydrogen-bond acceptors (Lipinski definition) is 10. The zero-order valence-corrected chi connectivity index (χ0v) is 16.3. The number of rotatable bonds is 6. The first kappa shape index (κ1) is 24.3. The quantitative estimate of drug-likeness (QED) is 0.289. The van der Waals surface area contributed by atoms with Crippen molar-refractivity contribution in [3.05, 3.63) is 53.6 Å². The first-order chi connectivity index (χ1) is 14.7. The summed E-state index contributed by atoms with van der Waals surface area (Å²) < 4.78 is 5.71. The number of phenolic OH excluding ortho intramolecular Hbond substituents is 2. The van der Waals surface area contributed by atoms with Crippen molar-refractivity contribution >= 4 is 12.1 Å². The Balaban J connectivity index is 0.000000248. The molecule has 0 saturated heterocycles. The number of ketones is 1. The van der Waals surface area contributed by atoms with Gasteiger partial charge in [0.1, 0.15) is 53.3 Å². The number of ether oxygens (including phenoxy) is 1. The maximum Gasteiger partial charge on any atom is 0.174 e. The van der Waals surface area contributed by atoms with Gasteiger partial charge in [0.2, 0.25) is 0 Å². The number of aliphatic hydroxyl groups is 5. The number of aromatic hydroxyl groups is 2. The van der Waals surface area contributed by atoms with Gasteiger partial charge < -0.3 is 45.3 Å². The number of carbonyl (C=O) groups excluding carboxylic acids is 2. The van der Waals surface area contributed by atoms with Crippen molar-refractivity contribution in [2.24, 2.45) is 0 Å². The lowest BCUT2D eigenvalue weighted by Gasteiger charge is -2.26. The summed E-state index contributed by atoms with van der Waals surface area (Å²) in [7, 11) is 0. The number of hydrogen-bond donors (Lipinski definition) is 7. The number of Topliss-reactive ketones (excluding diaryl/α,β-unsaturated/α-hetero) is 1. The lowest BCUT2D eigenvalue weighted by atomic mass is 9.95. The predicted molar refractivity (Wildman–Crippen MR) is 106 cm³/mol. The van der Waals surface area contributed by atoms with Crippen molar-refractivity contribution in [2.45, 2.75) is 36.9 Å². The second kappa shape index (κ2) is 10.8. The number of aliphatic hydroxyl groups excluding tert-OH is 5. The molecule has 7 N–H and O–H groups in total. The van der Waals surface area contributed by atoms with Gasteiger partial charge >= 0.3 is 0 Å². The molecule has 2 aromatic rings. The molecule has 0 amide bonds. The minimum Gasteiger partial charge on any atom is -0.508 e. The van der Waals surface area contributed by atoms with Crippen molar-refractivity contribution in [2.75, 3.05) is 6.61 Å². The van der Waals surface area contributed by atoms with Crippen LogP contribution in [-0.4, -0.2) is 78.8 Å². The van der Waals surface area contributed by atoms with Crippen LogP contribution in [0.4, 0.5) is 0 Å². The van der Waals surface area contributed by atoms with E-state index in [-0.39, 0.29) is 47.4 Å². The molecule has 0 spiro atoms. The fourth-order valence-electron chi connectivity index (χ4n) is 2.90. The zero-order chi connectivity index (χ0) is 23.1. The minimum atomic E-state index is -1.79. The number of phenols is 2. The number of aldehydes is 1.